The van der Waals surface area contributed by atoms with Crippen molar-refractivity contribution in [1.82, 2.24) is 5.32 Å². The molecule has 0 aromatic carbocycles. The Balaban J connectivity index is 1.95. The molecule has 1 amide bonds. The summed E-state index contributed by atoms with van der Waals surface area (Å²) in [6.45, 7) is 0.593. The topological polar surface area (TPSA) is 79.5 Å². The van der Waals surface area contributed by atoms with Crippen LogP contribution in [-0.2, 0) is 0 Å². The summed E-state index contributed by atoms with van der Waals surface area (Å²) in [6, 6.07) is 2.69. The Morgan fingerprint density at radius 2 is 1.95 bits per heavy atom. The van der Waals surface area contributed by atoms with E-state index in [1.165, 1.54) is 31.4 Å². The number of hydrogen-bond donors (Lipinski definition) is 2. The quantitative estimate of drug-likeness (QED) is 0.873. The molecule has 6 heteroatoms. The predicted molar refractivity (Wildman–Crippen MR) is 77.3 cm³/mol. The van der Waals surface area contributed by atoms with Crippen LogP contribution in [0.25, 0.3) is 0 Å². The van der Waals surface area contributed by atoms with Gasteiger partial charge in [0.05, 0.1) is 0 Å². The van der Waals surface area contributed by atoms with E-state index in [1.54, 1.807) is 11.8 Å². The number of furan rings is 1. The monoisotopic (exact) mass is 297 g/mol. The van der Waals surface area contributed by atoms with Crippen molar-refractivity contribution >= 4 is 23.6 Å². The van der Waals surface area contributed by atoms with Gasteiger partial charge in [-0.3, -0.25) is 4.79 Å². The fourth-order valence-electron chi connectivity index (χ4n) is 2.55. The molecule has 1 fully saturated rings. The maximum absolute atomic E-state index is 12.0. The first kappa shape index (κ1) is 15.0. The van der Waals surface area contributed by atoms with E-state index in [0.717, 1.165) is 12.8 Å². The van der Waals surface area contributed by atoms with Gasteiger partial charge in [0.15, 0.2) is 5.76 Å². The fourth-order valence-corrected chi connectivity index (χ4v) is 3.47. The minimum Gasteiger partial charge on any atom is -0.475 e. The second-order valence-corrected chi connectivity index (χ2v) is 6.37. The maximum Gasteiger partial charge on any atom is 0.371 e. The van der Waals surface area contributed by atoms with E-state index in [0.29, 0.717) is 6.54 Å². The van der Waals surface area contributed by atoms with Gasteiger partial charge in [-0.2, -0.15) is 11.8 Å². The molecule has 1 saturated carbocycles. The lowest BCUT2D eigenvalue weighted by Gasteiger charge is -2.35. The summed E-state index contributed by atoms with van der Waals surface area (Å²) in [5, 5.41) is 11.6. The Morgan fingerprint density at radius 1 is 1.30 bits per heavy atom. The number of thioether (sulfide) groups is 1. The molecule has 1 aliphatic rings. The molecule has 0 atom stereocenters. The number of rotatable bonds is 5. The first-order valence-electron chi connectivity index (χ1n) is 6.73. The molecule has 0 aliphatic heterocycles. The highest BCUT2D eigenvalue weighted by molar-refractivity contribution is 8.00. The van der Waals surface area contributed by atoms with Crippen molar-refractivity contribution in [3.63, 3.8) is 0 Å². The summed E-state index contributed by atoms with van der Waals surface area (Å²) in [5.74, 6) is -1.68. The van der Waals surface area contributed by atoms with E-state index < -0.39 is 5.97 Å². The SMILES string of the molecule is CSC1(CNC(=O)c2ccc(C(=O)O)o2)CCCCC1. The number of carbonyl (C=O) groups is 2. The molecule has 1 aromatic heterocycles. The lowest BCUT2D eigenvalue weighted by atomic mass is 9.88. The van der Waals surface area contributed by atoms with Crippen LogP contribution < -0.4 is 5.32 Å². The van der Waals surface area contributed by atoms with Crippen LogP contribution in [0, 0.1) is 0 Å². The summed E-state index contributed by atoms with van der Waals surface area (Å²) in [5.41, 5.74) is 0. The van der Waals surface area contributed by atoms with E-state index >= 15 is 0 Å². The van der Waals surface area contributed by atoms with E-state index in [2.05, 4.69) is 11.6 Å². The third kappa shape index (κ3) is 3.36. The average molecular weight is 297 g/mol. The molecule has 1 aliphatic carbocycles. The third-order valence-electron chi connectivity index (χ3n) is 3.81. The summed E-state index contributed by atoms with van der Waals surface area (Å²) >= 11 is 1.80. The zero-order chi connectivity index (χ0) is 14.6. The van der Waals surface area contributed by atoms with Crippen LogP contribution in [0.15, 0.2) is 16.5 Å². The average Bonchev–Trinajstić information content (AvgIpc) is 2.96. The van der Waals surface area contributed by atoms with E-state index in [9.17, 15) is 9.59 Å². The Kier molecular flexibility index (Phi) is 4.75. The molecule has 0 unspecified atom stereocenters. The molecule has 1 heterocycles. The van der Waals surface area contributed by atoms with Crippen molar-refractivity contribution in [2.75, 3.05) is 12.8 Å². The van der Waals surface area contributed by atoms with Crippen LogP contribution in [0.5, 0.6) is 0 Å². The first-order chi connectivity index (χ1) is 9.56. The Morgan fingerprint density at radius 3 is 2.50 bits per heavy atom. The number of hydrogen-bond acceptors (Lipinski definition) is 4. The Hall–Kier alpha value is -1.43. The van der Waals surface area contributed by atoms with Crippen molar-refractivity contribution in [2.24, 2.45) is 0 Å². The molecule has 5 nitrogen and oxygen atoms in total. The zero-order valence-electron chi connectivity index (χ0n) is 11.5. The number of carbonyl (C=O) groups excluding carboxylic acids is 1. The summed E-state index contributed by atoms with van der Waals surface area (Å²) in [7, 11) is 0. The molecule has 20 heavy (non-hydrogen) atoms. The number of aromatic carboxylic acids is 1. The van der Waals surface area contributed by atoms with Gasteiger partial charge in [0.2, 0.25) is 5.76 Å². The van der Waals surface area contributed by atoms with Gasteiger partial charge < -0.3 is 14.8 Å². The first-order valence-corrected chi connectivity index (χ1v) is 7.95. The number of carboxylic acid groups (broad SMARTS) is 1. The normalized spacial score (nSPS) is 17.6. The maximum atomic E-state index is 12.0. The predicted octanol–water partition coefficient (Wildman–Crippen LogP) is 2.77. The molecule has 2 rings (SSSR count). The largest absolute Gasteiger partial charge is 0.475 e. The van der Waals surface area contributed by atoms with Gasteiger partial charge in [-0.25, -0.2) is 4.79 Å². The summed E-state index contributed by atoms with van der Waals surface area (Å²) in [4.78, 5) is 22.7. The number of carboxylic acids is 1. The second kappa shape index (κ2) is 6.35. The van der Waals surface area contributed by atoms with Crippen LogP contribution in [0.2, 0.25) is 0 Å². The van der Waals surface area contributed by atoms with Gasteiger partial charge in [0.25, 0.3) is 5.91 Å². The highest BCUT2D eigenvalue weighted by Gasteiger charge is 2.31. The van der Waals surface area contributed by atoms with Gasteiger partial charge in [0.1, 0.15) is 0 Å². The molecular weight excluding hydrogens is 278 g/mol. The lowest BCUT2D eigenvalue weighted by Crippen LogP contribution is -2.41. The highest BCUT2D eigenvalue weighted by Crippen LogP contribution is 2.37. The molecule has 0 spiro atoms. The van der Waals surface area contributed by atoms with Gasteiger partial charge >= 0.3 is 5.97 Å². The molecule has 0 bridgehead atoms. The van der Waals surface area contributed by atoms with Crippen LogP contribution in [0.1, 0.15) is 53.2 Å². The minimum atomic E-state index is -1.17. The molecule has 110 valence electrons. The third-order valence-corrected chi connectivity index (χ3v) is 5.23. The molecule has 2 N–H and O–H groups in total. The van der Waals surface area contributed by atoms with Gasteiger partial charge in [-0.15, -0.1) is 0 Å². The highest BCUT2D eigenvalue weighted by atomic mass is 32.2. The van der Waals surface area contributed by atoms with Crippen LogP contribution >= 0.6 is 11.8 Å². The summed E-state index contributed by atoms with van der Waals surface area (Å²) < 4.78 is 5.10. The van der Waals surface area contributed by atoms with Crippen LogP contribution in [0.3, 0.4) is 0 Å². The number of amides is 1. The summed E-state index contributed by atoms with van der Waals surface area (Å²) in [6.07, 6.45) is 7.94. The second-order valence-electron chi connectivity index (χ2n) is 5.10. The lowest BCUT2D eigenvalue weighted by molar-refractivity contribution is 0.0659. The van der Waals surface area contributed by atoms with E-state index in [1.807, 2.05) is 0 Å². The van der Waals surface area contributed by atoms with E-state index in [-0.39, 0.29) is 22.2 Å². The Bertz CT molecular complexity index is 491. The van der Waals surface area contributed by atoms with Crippen LogP contribution in [-0.4, -0.2) is 34.5 Å². The van der Waals surface area contributed by atoms with Crippen molar-refractivity contribution in [2.45, 2.75) is 36.9 Å². The van der Waals surface area contributed by atoms with Crippen molar-refractivity contribution in [1.29, 1.82) is 0 Å². The standard InChI is InChI=1S/C14H19NO4S/c1-20-14(7-3-2-4-8-14)9-15-12(16)10-5-6-11(19-10)13(17)18/h5-6H,2-4,7-9H2,1H3,(H,15,16)(H,17,18). The molecule has 0 saturated heterocycles. The van der Waals surface area contributed by atoms with Crippen molar-refractivity contribution in [3.05, 3.63) is 23.7 Å². The van der Waals surface area contributed by atoms with Crippen molar-refractivity contribution < 1.29 is 19.1 Å². The van der Waals surface area contributed by atoms with Gasteiger partial charge in [0, 0.05) is 11.3 Å². The fraction of sp³-hybridized carbons (Fsp3) is 0.571. The molecule has 1 aromatic rings. The molecule has 0 radical (unpaired) electrons. The number of nitrogens with one attached hydrogen (secondary N) is 1. The Labute approximate surface area is 122 Å². The van der Waals surface area contributed by atoms with Crippen LogP contribution in [0.4, 0.5) is 0 Å². The van der Waals surface area contributed by atoms with Crippen molar-refractivity contribution in [3.8, 4) is 0 Å². The van der Waals surface area contributed by atoms with Gasteiger partial charge in [-0.05, 0) is 31.2 Å². The smallest absolute Gasteiger partial charge is 0.371 e. The van der Waals surface area contributed by atoms with Gasteiger partial charge in [-0.1, -0.05) is 19.3 Å². The minimum absolute atomic E-state index is 0.0504. The van der Waals surface area contributed by atoms with E-state index in [4.69, 9.17) is 9.52 Å². The molecular formula is C14H19NO4S. The zero-order valence-corrected chi connectivity index (χ0v) is 12.3.